The van der Waals surface area contributed by atoms with E-state index >= 15 is 0 Å². The maximum atomic E-state index is 14.0. The highest BCUT2D eigenvalue weighted by molar-refractivity contribution is 5.79. The minimum atomic E-state index is -1.33. The minimum Gasteiger partial charge on any atom is -0.374 e. The Morgan fingerprint density at radius 1 is 1.20 bits per heavy atom. The van der Waals surface area contributed by atoms with Crippen LogP contribution in [-0.4, -0.2) is 54.4 Å². The van der Waals surface area contributed by atoms with Crippen LogP contribution in [0.2, 0.25) is 0 Å². The monoisotopic (exact) mass is 339 g/mol. The average Bonchev–Trinajstić information content (AvgIpc) is 3.23. The van der Waals surface area contributed by atoms with Gasteiger partial charge in [-0.05, 0) is 6.07 Å². The molecule has 1 N–H and O–H groups in total. The maximum Gasteiger partial charge on any atom is 0.241 e. The summed E-state index contributed by atoms with van der Waals surface area (Å²) in [6, 6.07) is 1.95. The van der Waals surface area contributed by atoms with E-state index in [0.29, 0.717) is 11.7 Å². The van der Waals surface area contributed by atoms with Gasteiger partial charge in [0.2, 0.25) is 11.7 Å². The van der Waals surface area contributed by atoms with Crippen molar-refractivity contribution in [2.24, 2.45) is 0 Å². The maximum absolute atomic E-state index is 14.0. The number of fused-ring (bicyclic) bond motifs is 2. The van der Waals surface area contributed by atoms with Gasteiger partial charge in [-0.25, -0.2) is 23.9 Å². The second kappa shape index (κ2) is 5.21. The Bertz CT molecular complexity index is 1070. The first-order chi connectivity index (χ1) is 12.2. The molecule has 1 aliphatic heterocycles. The van der Waals surface area contributed by atoms with E-state index < -0.39 is 5.67 Å². The number of imidazole rings is 1. The lowest BCUT2D eigenvalue weighted by Gasteiger charge is -2.33. The molecule has 126 valence electrons. The Morgan fingerprint density at radius 3 is 2.96 bits per heavy atom. The third-order valence-electron chi connectivity index (χ3n) is 4.26. The number of halogens is 1. The third-order valence-corrected chi connectivity index (χ3v) is 4.26. The zero-order chi connectivity index (χ0) is 16.9. The van der Waals surface area contributed by atoms with E-state index in [-0.39, 0.29) is 19.8 Å². The van der Waals surface area contributed by atoms with Crippen LogP contribution >= 0.6 is 0 Å². The van der Waals surface area contributed by atoms with E-state index in [1.807, 2.05) is 29.1 Å². The van der Waals surface area contributed by atoms with E-state index in [1.54, 1.807) is 23.1 Å². The van der Waals surface area contributed by atoms with Crippen LogP contribution in [0.3, 0.4) is 0 Å². The molecule has 0 aromatic carbocycles. The van der Waals surface area contributed by atoms with Crippen molar-refractivity contribution >= 4 is 17.2 Å². The van der Waals surface area contributed by atoms with Crippen molar-refractivity contribution in [3.8, 4) is 11.1 Å². The summed E-state index contributed by atoms with van der Waals surface area (Å²) in [4.78, 5) is 12.8. The van der Waals surface area contributed by atoms with Crippen LogP contribution in [0.15, 0.2) is 43.2 Å². The molecule has 0 saturated carbocycles. The summed E-state index contributed by atoms with van der Waals surface area (Å²) in [6.45, 7) is 0.354. The topological polar surface area (TPSA) is 81.6 Å². The van der Waals surface area contributed by atoms with Crippen molar-refractivity contribution in [3.63, 3.8) is 0 Å². The molecule has 0 atom stereocenters. The largest absolute Gasteiger partial charge is 0.374 e. The molecule has 4 aromatic heterocycles. The molecule has 0 aliphatic carbocycles. The summed E-state index contributed by atoms with van der Waals surface area (Å²) in [5.74, 6) is 1.02. The molecule has 0 spiro atoms. The predicted molar refractivity (Wildman–Crippen MR) is 88.1 cm³/mol. The molecule has 1 aliphatic rings. The highest BCUT2D eigenvalue weighted by atomic mass is 19.1. The fraction of sp³-hybridized carbons (Fsp3) is 0.250. The van der Waals surface area contributed by atoms with Gasteiger partial charge in [0.25, 0.3) is 0 Å². The molecule has 25 heavy (non-hydrogen) atoms. The van der Waals surface area contributed by atoms with Crippen molar-refractivity contribution in [2.45, 2.75) is 5.67 Å². The number of nitrogens with one attached hydrogen (secondary N) is 1. The van der Waals surface area contributed by atoms with Gasteiger partial charge in [-0.3, -0.25) is 4.40 Å². The van der Waals surface area contributed by atoms with Crippen molar-refractivity contribution in [3.05, 3.63) is 43.2 Å². The lowest BCUT2D eigenvalue weighted by molar-refractivity contribution is -0.121. The highest BCUT2D eigenvalue weighted by Gasteiger charge is 2.38. The van der Waals surface area contributed by atoms with Crippen LogP contribution in [0.4, 0.5) is 10.3 Å². The van der Waals surface area contributed by atoms with Crippen LogP contribution < -0.4 is 5.32 Å². The Morgan fingerprint density at radius 2 is 2.12 bits per heavy atom. The van der Waals surface area contributed by atoms with E-state index in [4.69, 9.17) is 4.74 Å². The number of nitrogens with zero attached hydrogens (tertiary/aromatic N) is 6. The molecule has 0 radical (unpaired) electrons. The van der Waals surface area contributed by atoms with Gasteiger partial charge in [0.1, 0.15) is 0 Å². The van der Waals surface area contributed by atoms with Gasteiger partial charge in [-0.1, -0.05) is 0 Å². The van der Waals surface area contributed by atoms with E-state index in [2.05, 4.69) is 25.4 Å². The summed E-state index contributed by atoms with van der Waals surface area (Å²) in [5.41, 5.74) is 1.41. The third kappa shape index (κ3) is 2.40. The van der Waals surface area contributed by atoms with Gasteiger partial charge in [0.05, 0.1) is 31.5 Å². The van der Waals surface area contributed by atoms with Crippen LogP contribution in [0.1, 0.15) is 0 Å². The number of anilines is 1. The first-order valence-electron chi connectivity index (χ1n) is 7.84. The quantitative estimate of drug-likeness (QED) is 0.608. The van der Waals surface area contributed by atoms with Crippen molar-refractivity contribution in [1.82, 2.24) is 29.0 Å². The normalized spacial score (nSPS) is 16.2. The number of ether oxygens (including phenoxy) is 1. The number of hydrogen-bond donors (Lipinski definition) is 1. The Hall–Kier alpha value is -3.07. The zero-order valence-corrected chi connectivity index (χ0v) is 13.1. The van der Waals surface area contributed by atoms with Gasteiger partial charge >= 0.3 is 0 Å². The van der Waals surface area contributed by atoms with Crippen molar-refractivity contribution < 1.29 is 9.13 Å². The van der Waals surface area contributed by atoms with Gasteiger partial charge in [0.15, 0.2) is 5.67 Å². The standard InChI is InChI=1S/C16H14FN7O/c17-16(9-25-10-16)8-21-14-19-6-13-12(1-3-24(13)22-14)11-5-20-15-18-2-4-23(15)7-11/h1-7H,8-10H2,(H,21,22). The SMILES string of the molecule is FC1(CNc2ncc3c(-c4cnc5nccn5c4)ccn3n2)COC1. The molecule has 1 saturated heterocycles. The lowest BCUT2D eigenvalue weighted by Crippen LogP contribution is -2.50. The summed E-state index contributed by atoms with van der Waals surface area (Å²) in [6.07, 6.45) is 10.8. The molecule has 9 heteroatoms. The Kier molecular flexibility index (Phi) is 2.98. The Balaban J connectivity index is 1.46. The fourth-order valence-electron chi connectivity index (χ4n) is 2.84. The van der Waals surface area contributed by atoms with Crippen LogP contribution in [0.25, 0.3) is 22.4 Å². The molecule has 5 heterocycles. The van der Waals surface area contributed by atoms with E-state index in [9.17, 15) is 4.39 Å². The first kappa shape index (κ1) is 14.3. The summed E-state index contributed by atoms with van der Waals surface area (Å²) >= 11 is 0. The van der Waals surface area contributed by atoms with Crippen molar-refractivity contribution in [1.29, 1.82) is 0 Å². The first-order valence-corrected chi connectivity index (χ1v) is 7.84. The summed E-state index contributed by atoms with van der Waals surface area (Å²) < 4.78 is 22.4. The molecule has 4 aromatic rings. The number of alkyl halides is 1. The van der Waals surface area contributed by atoms with Crippen LogP contribution in [-0.2, 0) is 4.74 Å². The molecular formula is C16H14FN7O. The zero-order valence-electron chi connectivity index (χ0n) is 13.1. The lowest BCUT2D eigenvalue weighted by atomic mass is 10.1. The van der Waals surface area contributed by atoms with Gasteiger partial charge in [-0.15, -0.1) is 5.10 Å². The van der Waals surface area contributed by atoms with E-state index in [0.717, 1.165) is 16.6 Å². The van der Waals surface area contributed by atoms with Crippen molar-refractivity contribution in [2.75, 3.05) is 25.1 Å². The summed E-state index contributed by atoms with van der Waals surface area (Å²) in [5, 5.41) is 7.31. The second-order valence-corrected chi connectivity index (χ2v) is 6.12. The van der Waals surface area contributed by atoms with Crippen LogP contribution in [0, 0.1) is 0 Å². The minimum absolute atomic E-state index is 0.111. The van der Waals surface area contributed by atoms with E-state index in [1.165, 1.54) is 0 Å². The Labute approximate surface area is 141 Å². The molecule has 0 unspecified atom stereocenters. The van der Waals surface area contributed by atoms with Gasteiger partial charge in [-0.2, -0.15) is 0 Å². The van der Waals surface area contributed by atoms with Crippen LogP contribution in [0.5, 0.6) is 0 Å². The smallest absolute Gasteiger partial charge is 0.241 e. The fourth-order valence-corrected chi connectivity index (χ4v) is 2.84. The number of aromatic nitrogens is 6. The average molecular weight is 339 g/mol. The molecule has 8 nitrogen and oxygen atoms in total. The molecular weight excluding hydrogens is 325 g/mol. The highest BCUT2D eigenvalue weighted by Crippen LogP contribution is 2.25. The summed E-state index contributed by atoms with van der Waals surface area (Å²) in [7, 11) is 0. The predicted octanol–water partition coefficient (Wildman–Crippen LogP) is 1.59. The molecule has 0 bridgehead atoms. The number of rotatable bonds is 4. The number of hydrogen-bond acceptors (Lipinski definition) is 6. The molecule has 0 amide bonds. The van der Waals surface area contributed by atoms with Gasteiger partial charge < -0.3 is 10.1 Å². The molecule has 5 rings (SSSR count). The van der Waals surface area contributed by atoms with Gasteiger partial charge in [0, 0.05) is 42.1 Å². The second-order valence-electron chi connectivity index (χ2n) is 6.12. The molecule has 1 fully saturated rings.